The number of aliphatic hydroxyl groups excluding tert-OH is 1. The Balaban J connectivity index is 2.68. The van der Waals surface area contributed by atoms with Crippen LogP contribution in [0.4, 0.5) is 0 Å². The van der Waals surface area contributed by atoms with Gasteiger partial charge in [-0.2, -0.15) is 0 Å². The van der Waals surface area contributed by atoms with E-state index in [1.807, 2.05) is 6.92 Å². The predicted octanol–water partition coefficient (Wildman–Crippen LogP) is 2.23. The molecule has 1 aromatic rings. The van der Waals surface area contributed by atoms with Crippen LogP contribution < -0.4 is 0 Å². The Labute approximate surface area is 71.7 Å². The standard InChI is InChI=1S/C9H14OS/c1-3-8-4-5-11-9(8)6-7(2)10/h4-5,7,10H,3,6H2,1-2H3/t7-/m0/s1. The van der Waals surface area contributed by atoms with Crippen LogP contribution in [0.2, 0.25) is 0 Å². The Morgan fingerprint density at radius 3 is 2.91 bits per heavy atom. The summed E-state index contributed by atoms with van der Waals surface area (Å²) < 4.78 is 0. The first-order valence-electron chi connectivity index (χ1n) is 3.97. The number of rotatable bonds is 3. The van der Waals surface area contributed by atoms with Crippen molar-refractivity contribution < 1.29 is 5.11 Å². The molecule has 0 aliphatic heterocycles. The molecular formula is C9H14OS. The second kappa shape index (κ2) is 3.88. The fraction of sp³-hybridized carbons (Fsp3) is 0.556. The number of hydrogen-bond acceptors (Lipinski definition) is 2. The zero-order chi connectivity index (χ0) is 8.27. The molecule has 1 atom stereocenters. The van der Waals surface area contributed by atoms with Crippen molar-refractivity contribution in [3.63, 3.8) is 0 Å². The van der Waals surface area contributed by atoms with E-state index in [0.717, 1.165) is 12.8 Å². The Hall–Kier alpha value is -0.340. The van der Waals surface area contributed by atoms with E-state index < -0.39 is 0 Å². The molecule has 0 saturated heterocycles. The van der Waals surface area contributed by atoms with E-state index in [1.54, 1.807) is 11.3 Å². The second-order valence-electron chi connectivity index (χ2n) is 2.78. The van der Waals surface area contributed by atoms with E-state index in [4.69, 9.17) is 5.11 Å². The first-order valence-corrected chi connectivity index (χ1v) is 4.85. The summed E-state index contributed by atoms with van der Waals surface area (Å²) >= 11 is 1.74. The summed E-state index contributed by atoms with van der Waals surface area (Å²) in [5.41, 5.74) is 1.39. The summed E-state index contributed by atoms with van der Waals surface area (Å²) in [5, 5.41) is 11.2. The van der Waals surface area contributed by atoms with E-state index in [9.17, 15) is 0 Å². The van der Waals surface area contributed by atoms with E-state index in [1.165, 1.54) is 10.4 Å². The van der Waals surface area contributed by atoms with Gasteiger partial charge in [-0.25, -0.2) is 0 Å². The third-order valence-electron chi connectivity index (χ3n) is 1.70. The van der Waals surface area contributed by atoms with Crippen LogP contribution in [0.1, 0.15) is 24.3 Å². The highest BCUT2D eigenvalue weighted by atomic mass is 32.1. The third-order valence-corrected chi connectivity index (χ3v) is 2.68. The van der Waals surface area contributed by atoms with Crippen molar-refractivity contribution in [2.45, 2.75) is 32.8 Å². The summed E-state index contributed by atoms with van der Waals surface area (Å²) in [7, 11) is 0. The summed E-state index contributed by atoms with van der Waals surface area (Å²) in [4.78, 5) is 1.34. The van der Waals surface area contributed by atoms with Gasteiger partial charge in [0.05, 0.1) is 6.10 Å². The lowest BCUT2D eigenvalue weighted by atomic mass is 10.1. The summed E-state index contributed by atoms with van der Waals surface area (Å²) in [5.74, 6) is 0. The quantitative estimate of drug-likeness (QED) is 0.737. The molecule has 1 nitrogen and oxygen atoms in total. The lowest BCUT2D eigenvalue weighted by Gasteiger charge is -2.03. The van der Waals surface area contributed by atoms with Crippen LogP contribution in [0.15, 0.2) is 11.4 Å². The molecule has 1 rings (SSSR count). The fourth-order valence-electron chi connectivity index (χ4n) is 1.13. The number of hydrogen-bond donors (Lipinski definition) is 1. The number of aliphatic hydroxyl groups is 1. The largest absolute Gasteiger partial charge is 0.393 e. The van der Waals surface area contributed by atoms with E-state index in [-0.39, 0.29) is 6.10 Å². The highest BCUT2D eigenvalue weighted by Gasteiger charge is 2.04. The Morgan fingerprint density at radius 2 is 2.36 bits per heavy atom. The molecule has 0 bridgehead atoms. The van der Waals surface area contributed by atoms with Crippen LogP contribution >= 0.6 is 11.3 Å². The van der Waals surface area contributed by atoms with Gasteiger partial charge in [-0.05, 0) is 30.4 Å². The van der Waals surface area contributed by atoms with Gasteiger partial charge in [-0.1, -0.05) is 6.92 Å². The molecular weight excluding hydrogens is 156 g/mol. The van der Waals surface area contributed by atoms with Crippen LogP contribution in [0.3, 0.4) is 0 Å². The maximum absolute atomic E-state index is 9.15. The van der Waals surface area contributed by atoms with Crippen LogP contribution in [-0.2, 0) is 12.8 Å². The fourth-order valence-corrected chi connectivity index (χ4v) is 2.23. The number of thiophene rings is 1. The zero-order valence-corrected chi connectivity index (χ0v) is 7.82. The molecule has 2 heteroatoms. The molecule has 0 saturated carbocycles. The topological polar surface area (TPSA) is 20.2 Å². The smallest absolute Gasteiger partial charge is 0.0560 e. The van der Waals surface area contributed by atoms with Gasteiger partial charge in [0, 0.05) is 11.3 Å². The zero-order valence-electron chi connectivity index (χ0n) is 7.00. The monoisotopic (exact) mass is 170 g/mol. The molecule has 0 amide bonds. The predicted molar refractivity (Wildman–Crippen MR) is 49.1 cm³/mol. The highest BCUT2D eigenvalue weighted by Crippen LogP contribution is 2.18. The van der Waals surface area contributed by atoms with Gasteiger partial charge in [0.15, 0.2) is 0 Å². The van der Waals surface area contributed by atoms with Crippen molar-refractivity contribution in [1.82, 2.24) is 0 Å². The average molecular weight is 170 g/mol. The minimum absolute atomic E-state index is 0.209. The summed E-state index contributed by atoms with van der Waals surface area (Å²) in [6.45, 7) is 3.98. The molecule has 11 heavy (non-hydrogen) atoms. The molecule has 1 N–H and O–H groups in total. The van der Waals surface area contributed by atoms with Gasteiger partial charge < -0.3 is 5.11 Å². The SMILES string of the molecule is CCc1ccsc1C[C@H](C)O. The van der Waals surface area contributed by atoms with Crippen molar-refractivity contribution in [2.24, 2.45) is 0 Å². The second-order valence-corrected chi connectivity index (χ2v) is 3.78. The molecule has 0 aliphatic rings. The Kier molecular flexibility index (Phi) is 3.09. The van der Waals surface area contributed by atoms with Crippen LogP contribution in [-0.4, -0.2) is 11.2 Å². The van der Waals surface area contributed by atoms with Crippen molar-refractivity contribution >= 4 is 11.3 Å². The van der Waals surface area contributed by atoms with Gasteiger partial charge in [0.1, 0.15) is 0 Å². The molecule has 1 heterocycles. The van der Waals surface area contributed by atoms with Crippen LogP contribution in [0.25, 0.3) is 0 Å². The van der Waals surface area contributed by atoms with Gasteiger partial charge in [0.25, 0.3) is 0 Å². The summed E-state index contributed by atoms with van der Waals surface area (Å²) in [6, 6.07) is 2.14. The van der Waals surface area contributed by atoms with Crippen molar-refractivity contribution in [3.05, 3.63) is 21.9 Å². The maximum Gasteiger partial charge on any atom is 0.0560 e. The van der Waals surface area contributed by atoms with E-state index in [0.29, 0.717) is 0 Å². The molecule has 0 aliphatic carbocycles. The van der Waals surface area contributed by atoms with Crippen molar-refractivity contribution in [2.75, 3.05) is 0 Å². The highest BCUT2D eigenvalue weighted by molar-refractivity contribution is 7.10. The molecule has 0 unspecified atom stereocenters. The van der Waals surface area contributed by atoms with Gasteiger partial charge >= 0.3 is 0 Å². The minimum atomic E-state index is -0.209. The molecule has 0 spiro atoms. The van der Waals surface area contributed by atoms with Crippen LogP contribution in [0, 0.1) is 0 Å². The normalized spacial score (nSPS) is 13.4. The first-order chi connectivity index (χ1) is 5.24. The van der Waals surface area contributed by atoms with Gasteiger partial charge in [-0.15, -0.1) is 11.3 Å². The van der Waals surface area contributed by atoms with E-state index >= 15 is 0 Å². The lowest BCUT2D eigenvalue weighted by molar-refractivity contribution is 0.196. The van der Waals surface area contributed by atoms with Gasteiger partial charge in [-0.3, -0.25) is 0 Å². The molecule has 0 fully saturated rings. The third kappa shape index (κ3) is 2.31. The van der Waals surface area contributed by atoms with Crippen LogP contribution in [0.5, 0.6) is 0 Å². The van der Waals surface area contributed by atoms with E-state index in [2.05, 4.69) is 18.4 Å². The Morgan fingerprint density at radius 1 is 1.64 bits per heavy atom. The first kappa shape index (κ1) is 8.75. The maximum atomic E-state index is 9.15. The van der Waals surface area contributed by atoms with Crippen molar-refractivity contribution in [1.29, 1.82) is 0 Å². The minimum Gasteiger partial charge on any atom is -0.393 e. The number of aryl methyl sites for hydroxylation is 1. The summed E-state index contributed by atoms with van der Waals surface area (Å²) in [6.07, 6.45) is 1.67. The lowest BCUT2D eigenvalue weighted by Crippen LogP contribution is -2.03. The molecule has 1 aromatic heterocycles. The molecule has 0 radical (unpaired) electrons. The van der Waals surface area contributed by atoms with Crippen molar-refractivity contribution in [3.8, 4) is 0 Å². The Bertz CT molecular complexity index is 215. The molecule has 0 aromatic carbocycles. The molecule has 62 valence electrons. The van der Waals surface area contributed by atoms with Gasteiger partial charge in [0.2, 0.25) is 0 Å². The average Bonchev–Trinajstić information content (AvgIpc) is 2.34.